The molecule has 70 valence electrons. The van der Waals surface area contributed by atoms with E-state index in [9.17, 15) is 0 Å². The van der Waals surface area contributed by atoms with Crippen molar-refractivity contribution in [2.45, 2.75) is 23.1 Å². The summed E-state index contributed by atoms with van der Waals surface area (Å²) in [5.74, 6) is 0. The minimum absolute atomic E-state index is 0.610. The van der Waals surface area contributed by atoms with E-state index >= 15 is 0 Å². The predicted octanol–water partition coefficient (Wildman–Crippen LogP) is 3.25. The standard InChI is InChI=1S/C10H12BrNS/c11-8-4-1-2-5-9(8)13-10-6-3-7-12-10/h1-2,4-5,10,12H,3,6-7H2. The van der Waals surface area contributed by atoms with Crippen LogP contribution in [-0.2, 0) is 0 Å². The van der Waals surface area contributed by atoms with Crippen LogP contribution in [0.5, 0.6) is 0 Å². The van der Waals surface area contributed by atoms with Gasteiger partial charge in [-0.25, -0.2) is 0 Å². The van der Waals surface area contributed by atoms with Crippen LogP contribution in [-0.4, -0.2) is 11.9 Å². The highest BCUT2D eigenvalue weighted by Crippen LogP contribution is 2.32. The number of nitrogens with one attached hydrogen (secondary N) is 1. The SMILES string of the molecule is Brc1ccccc1SC1CCCN1. The Balaban J connectivity index is 2.04. The summed E-state index contributed by atoms with van der Waals surface area (Å²) in [6, 6.07) is 8.39. The smallest absolute Gasteiger partial charge is 0.0580 e. The average molecular weight is 258 g/mol. The van der Waals surface area contributed by atoms with Crippen LogP contribution in [0.15, 0.2) is 33.6 Å². The summed E-state index contributed by atoms with van der Waals surface area (Å²) in [5.41, 5.74) is 0. The highest BCUT2D eigenvalue weighted by Gasteiger charge is 2.15. The fraction of sp³-hybridized carbons (Fsp3) is 0.400. The Morgan fingerprint density at radius 1 is 1.38 bits per heavy atom. The molecule has 0 bridgehead atoms. The summed E-state index contributed by atoms with van der Waals surface area (Å²) in [7, 11) is 0. The third-order valence-electron chi connectivity index (χ3n) is 2.12. The third kappa shape index (κ3) is 2.48. The predicted molar refractivity (Wildman–Crippen MR) is 61.0 cm³/mol. The summed E-state index contributed by atoms with van der Waals surface area (Å²) in [6.07, 6.45) is 2.59. The number of hydrogen-bond acceptors (Lipinski definition) is 2. The lowest BCUT2D eigenvalue weighted by molar-refractivity contribution is 0.805. The third-order valence-corrected chi connectivity index (χ3v) is 4.37. The minimum Gasteiger partial charge on any atom is -0.305 e. The highest BCUT2D eigenvalue weighted by molar-refractivity contribution is 9.10. The Kier molecular flexibility index (Phi) is 3.30. The van der Waals surface area contributed by atoms with Crippen molar-refractivity contribution in [2.75, 3.05) is 6.54 Å². The first-order chi connectivity index (χ1) is 6.36. The molecule has 0 saturated carbocycles. The first-order valence-corrected chi connectivity index (χ1v) is 6.18. The topological polar surface area (TPSA) is 12.0 Å². The molecule has 0 amide bonds. The van der Waals surface area contributed by atoms with Crippen LogP contribution in [0.1, 0.15) is 12.8 Å². The van der Waals surface area contributed by atoms with Gasteiger partial charge in [-0.2, -0.15) is 0 Å². The molecule has 13 heavy (non-hydrogen) atoms. The fourth-order valence-electron chi connectivity index (χ4n) is 1.45. The van der Waals surface area contributed by atoms with Crippen LogP contribution in [0.2, 0.25) is 0 Å². The molecule has 1 aliphatic rings. The van der Waals surface area contributed by atoms with E-state index in [0.717, 1.165) is 0 Å². The second-order valence-electron chi connectivity index (χ2n) is 3.13. The molecular formula is C10H12BrNS. The second-order valence-corrected chi connectivity index (χ2v) is 5.23. The van der Waals surface area contributed by atoms with Crippen LogP contribution in [0, 0.1) is 0 Å². The molecular weight excluding hydrogens is 246 g/mol. The fourth-order valence-corrected chi connectivity index (χ4v) is 3.14. The van der Waals surface area contributed by atoms with Crippen molar-refractivity contribution >= 4 is 27.7 Å². The zero-order valence-corrected chi connectivity index (χ0v) is 9.70. The van der Waals surface area contributed by atoms with Crippen molar-refractivity contribution in [3.05, 3.63) is 28.7 Å². The van der Waals surface area contributed by atoms with Crippen LogP contribution in [0.4, 0.5) is 0 Å². The molecule has 1 fully saturated rings. The van der Waals surface area contributed by atoms with Crippen LogP contribution < -0.4 is 5.32 Å². The van der Waals surface area contributed by atoms with Gasteiger partial charge < -0.3 is 5.32 Å². The van der Waals surface area contributed by atoms with Gasteiger partial charge in [0.1, 0.15) is 0 Å². The van der Waals surface area contributed by atoms with Crippen molar-refractivity contribution in [1.29, 1.82) is 0 Å². The van der Waals surface area contributed by atoms with Crippen molar-refractivity contribution in [3.63, 3.8) is 0 Å². The van der Waals surface area contributed by atoms with Gasteiger partial charge in [0.25, 0.3) is 0 Å². The maximum atomic E-state index is 3.55. The lowest BCUT2D eigenvalue weighted by Gasteiger charge is -2.10. The number of thioether (sulfide) groups is 1. The maximum Gasteiger partial charge on any atom is 0.0580 e. The molecule has 0 spiro atoms. The Hall–Kier alpha value is 0.01000. The summed E-state index contributed by atoms with van der Waals surface area (Å²) >= 11 is 5.47. The number of rotatable bonds is 2. The van der Waals surface area contributed by atoms with E-state index in [1.165, 1.54) is 28.8 Å². The van der Waals surface area contributed by atoms with Gasteiger partial charge in [-0.3, -0.25) is 0 Å². The van der Waals surface area contributed by atoms with E-state index in [1.807, 2.05) is 11.8 Å². The minimum atomic E-state index is 0.610. The van der Waals surface area contributed by atoms with E-state index in [4.69, 9.17) is 0 Å². The molecule has 3 heteroatoms. The second kappa shape index (κ2) is 4.49. The molecule has 0 aromatic heterocycles. The molecule has 1 aromatic carbocycles. The largest absolute Gasteiger partial charge is 0.305 e. The monoisotopic (exact) mass is 257 g/mol. The van der Waals surface area contributed by atoms with Gasteiger partial charge in [0.15, 0.2) is 0 Å². The number of halogens is 1. The zero-order chi connectivity index (χ0) is 9.10. The van der Waals surface area contributed by atoms with E-state index in [-0.39, 0.29) is 0 Å². The van der Waals surface area contributed by atoms with E-state index < -0.39 is 0 Å². The Labute approximate surface area is 91.4 Å². The Morgan fingerprint density at radius 3 is 2.92 bits per heavy atom. The lowest BCUT2D eigenvalue weighted by Crippen LogP contribution is -2.16. The van der Waals surface area contributed by atoms with Crippen LogP contribution in [0.25, 0.3) is 0 Å². The Bertz CT molecular complexity index is 284. The van der Waals surface area contributed by atoms with Gasteiger partial charge in [-0.05, 0) is 47.4 Å². The van der Waals surface area contributed by atoms with Crippen molar-refractivity contribution in [3.8, 4) is 0 Å². The highest BCUT2D eigenvalue weighted by atomic mass is 79.9. The summed E-state index contributed by atoms with van der Waals surface area (Å²) in [6.45, 7) is 1.17. The lowest BCUT2D eigenvalue weighted by atomic mass is 10.4. The van der Waals surface area contributed by atoms with Gasteiger partial charge in [0.05, 0.1) is 5.37 Å². The normalized spacial score (nSPS) is 22.1. The average Bonchev–Trinajstić information content (AvgIpc) is 2.61. The first kappa shape index (κ1) is 9.56. The molecule has 0 aliphatic carbocycles. The molecule has 1 heterocycles. The van der Waals surface area contributed by atoms with E-state index in [0.29, 0.717) is 5.37 Å². The number of hydrogen-bond donors (Lipinski definition) is 1. The summed E-state index contributed by atoms with van der Waals surface area (Å²) in [4.78, 5) is 1.34. The van der Waals surface area contributed by atoms with E-state index in [1.54, 1.807) is 0 Å². The number of benzene rings is 1. The molecule has 1 saturated heterocycles. The quantitative estimate of drug-likeness (QED) is 0.873. The zero-order valence-electron chi connectivity index (χ0n) is 7.29. The van der Waals surface area contributed by atoms with Crippen LogP contribution >= 0.6 is 27.7 Å². The molecule has 1 nitrogen and oxygen atoms in total. The summed E-state index contributed by atoms with van der Waals surface area (Å²) in [5, 5.41) is 4.08. The maximum absolute atomic E-state index is 3.55. The molecule has 2 rings (SSSR count). The van der Waals surface area contributed by atoms with Crippen molar-refractivity contribution in [2.24, 2.45) is 0 Å². The van der Waals surface area contributed by atoms with Crippen LogP contribution in [0.3, 0.4) is 0 Å². The molecule has 1 unspecified atom stereocenters. The summed E-state index contributed by atoms with van der Waals surface area (Å²) < 4.78 is 1.20. The van der Waals surface area contributed by atoms with Gasteiger partial charge >= 0.3 is 0 Å². The molecule has 1 N–H and O–H groups in total. The molecule has 1 aromatic rings. The molecule has 1 aliphatic heterocycles. The van der Waals surface area contributed by atoms with Gasteiger partial charge in [0.2, 0.25) is 0 Å². The van der Waals surface area contributed by atoms with Crippen molar-refractivity contribution in [1.82, 2.24) is 5.32 Å². The molecule has 1 atom stereocenters. The van der Waals surface area contributed by atoms with E-state index in [2.05, 4.69) is 45.5 Å². The van der Waals surface area contributed by atoms with Gasteiger partial charge in [-0.1, -0.05) is 12.1 Å². The first-order valence-electron chi connectivity index (χ1n) is 4.51. The van der Waals surface area contributed by atoms with Crippen molar-refractivity contribution < 1.29 is 0 Å². The molecule has 0 radical (unpaired) electrons. The Morgan fingerprint density at radius 2 is 2.23 bits per heavy atom. The van der Waals surface area contributed by atoms with Gasteiger partial charge in [-0.15, -0.1) is 11.8 Å². The van der Waals surface area contributed by atoms with Gasteiger partial charge in [0, 0.05) is 9.37 Å².